The molecular formula is C17H19ClN2O3. The second kappa shape index (κ2) is 8.39. The van der Waals surface area contributed by atoms with Gasteiger partial charge in [0.2, 0.25) is 11.8 Å². The molecule has 0 radical (unpaired) electrons. The number of benzene rings is 1. The van der Waals surface area contributed by atoms with Gasteiger partial charge in [0.25, 0.3) is 0 Å². The summed E-state index contributed by atoms with van der Waals surface area (Å²) in [5.74, 6) is 0.237. The molecule has 0 aliphatic carbocycles. The van der Waals surface area contributed by atoms with Crippen molar-refractivity contribution in [1.82, 2.24) is 10.6 Å². The van der Waals surface area contributed by atoms with Crippen molar-refractivity contribution in [1.29, 1.82) is 0 Å². The zero-order valence-electron chi connectivity index (χ0n) is 12.8. The van der Waals surface area contributed by atoms with Crippen LogP contribution in [0.25, 0.3) is 0 Å². The molecule has 0 fully saturated rings. The van der Waals surface area contributed by atoms with E-state index in [-0.39, 0.29) is 11.8 Å². The first-order chi connectivity index (χ1) is 11.0. The average molecular weight is 335 g/mol. The molecule has 0 spiro atoms. The number of carbonyl (C=O) groups excluding carboxylic acids is 2. The zero-order valence-corrected chi connectivity index (χ0v) is 13.6. The first kappa shape index (κ1) is 17.1. The molecule has 1 aromatic carbocycles. The molecule has 2 N–H and O–H groups in total. The Kier molecular flexibility index (Phi) is 6.23. The Morgan fingerprint density at radius 3 is 2.78 bits per heavy atom. The van der Waals surface area contributed by atoms with Crippen molar-refractivity contribution in [3.05, 3.63) is 59.0 Å². The standard InChI is InChI=1S/C17H19ClN2O3/c1-12(17(22)19-11-15-6-3-9-23-15)20-16(21)8-7-13-4-2-5-14(18)10-13/h2-6,9-10,12H,7-8,11H2,1H3,(H,19,22)(H,20,21)/t12-/m1/s1. The van der Waals surface area contributed by atoms with Crippen molar-refractivity contribution >= 4 is 23.4 Å². The molecule has 23 heavy (non-hydrogen) atoms. The number of rotatable bonds is 7. The molecule has 0 saturated heterocycles. The number of carbonyl (C=O) groups is 2. The summed E-state index contributed by atoms with van der Waals surface area (Å²) in [7, 11) is 0. The Bertz CT molecular complexity index is 656. The number of halogens is 1. The van der Waals surface area contributed by atoms with Crippen molar-refractivity contribution in [2.75, 3.05) is 0 Å². The molecule has 0 aliphatic rings. The summed E-state index contributed by atoms with van der Waals surface area (Å²) in [6.45, 7) is 1.95. The molecule has 2 rings (SSSR count). The molecule has 0 bridgehead atoms. The van der Waals surface area contributed by atoms with Crippen LogP contribution in [0.5, 0.6) is 0 Å². The monoisotopic (exact) mass is 334 g/mol. The molecule has 1 atom stereocenters. The Morgan fingerprint density at radius 1 is 1.26 bits per heavy atom. The third-order valence-electron chi connectivity index (χ3n) is 3.32. The fraction of sp³-hybridized carbons (Fsp3) is 0.294. The zero-order chi connectivity index (χ0) is 16.7. The van der Waals surface area contributed by atoms with E-state index < -0.39 is 6.04 Å². The molecule has 0 aliphatic heterocycles. The van der Waals surface area contributed by atoms with Gasteiger partial charge in [0.1, 0.15) is 11.8 Å². The Balaban J connectivity index is 1.72. The van der Waals surface area contributed by atoms with Gasteiger partial charge in [-0.25, -0.2) is 0 Å². The first-order valence-electron chi connectivity index (χ1n) is 7.38. The van der Waals surface area contributed by atoms with Crippen LogP contribution in [0.1, 0.15) is 24.7 Å². The molecule has 1 heterocycles. The minimum atomic E-state index is -0.600. The minimum absolute atomic E-state index is 0.175. The van der Waals surface area contributed by atoms with Crippen molar-refractivity contribution in [2.24, 2.45) is 0 Å². The normalized spacial score (nSPS) is 11.7. The average Bonchev–Trinajstić information content (AvgIpc) is 3.04. The summed E-state index contributed by atoms with van der Waals surface area (Å²) >= 11 is 5.90. The van der Waals surface area contributed by atoms with Gasteiger partial charge in [0.15, 0.2) is 0 Å². The fourth-order valence-electron chi connectivity index (χ4n) is 2.07. The van der Waals surface area contributed by atoms with E-state index in [4.69, 9.17) is 16.0 Å². The number of aryl methyl sites for hydroxylation is 1. The Hall–Kier alpha value is -2.27. The van der Waals surface area contributed by atoms with E-state index in [0.29, 0.717) is 30.2 Å². The van der Waals surface area contributed by atoms with Crippen LogP contribution in [0, 0.1) is 0 Å². The molecule has 6 heteroatoms. The molecule has 5 nitrogen and oxygen atoms in total. The van der Waals surface area contributed by atoms with Crippen molar-refractivity contribution in [3.63, 3.8) is 0 Å². The van der Waals surface area contributed by atoms with E-state index in [9.17, 15) is 9.59 Å². The number of hydrogen-bond acceptors (Lipinski definition) is 3. The maximum absolute atomic E-state index is 11.9. The van der Waals surface area contributed by atoms with E-state index in [0.717, 1.165) is 5.56 Å². The van der Waals surface area contributed by atoms with Crippen LogP contribution in [-0.4, -0.2) is 17.9 Å². The molecule has 0 unspecified atom stereocenters. The van der Waals surface area contributed by atoms with Crippen LogP contribution in [0.3, 0.4) is 0 Å². The number of furan rings is 1. The van der Waals surface area contributed by atoms with E-state index in [2.05, 4.69) is 10.6 Å². The Labute approximate surface area is 140 Å². The van der Waals surface area contributed by atoms with E-state index in [1.165, 1.54) is 0 Å². The molecular weight excluding hydrogens is 316 g/mol. The van der Waals surface area contributed by atoms with Crippen LogP contribution < -0.4 is 10.6 Å². The van der Waals surface area contributed by atoms with Crippen LogP contribution in [-0.2, 0) is 22.6 Å². The molecule has 0 saturated carbocycles. The summed E-state index contributed by atoms with van der Waals surface area (Å²) < 4.78 is 5.13. The highest BCUT2D eigenvalue weighted by Gasteiger charge is 2.15. The van der Waals surface area contributed by atoms with Gasteiger partial charge in [-0.1, -0.05) is 23.7 Å². The number of amides is 2. The highest BCUT2D eigenvalue weighted by Crippen LogP contribution is 2.12. The van der Waals surface area contributed by atoms with Gasteiger partial charge in [-0.3, -0.25) is 9.59 Å². The van der Waals surface area contributed by atoms with Gasteiger partial charge in [-0.15, -0.1) is 0 Å². The van der Waals surface area contributed by atoms with Crippen LogP contribution in [0.4, 0.5) is 0 Å². The smallest absolute Gasteiger partial charge is 0.242 e. The second-order valence-corrected chi connectivity index (χ2v) is 5.65. The lowest BCUT2D eigenvalue weighted by Gasteiger charge is -2.13. The van der Waals surface area contributed by atoms with E-state index in [1.54, 1.807) is 31.4 Å². The molecule has 2 aromatic rings. The van der Waals surface area contributed by atoms with Crippen LogP contribution in [0.15, 0.2) is 47.1 Å². The lowest BCUT2D eigenvalue weighted by atomic mass is 10.1. The van der Waals surface area contributed by atoms with Crippen molar-refractivity contribution in [3.8, 4) is 0 Å². The van der Waals surface area contributed by atoms with Crippen LogP contribution >= 0.6 is 11.6 Å². The highest BCUT2D eigenvalue weighted by molar-refractivity contribution is 6.30. The van der Waals surface area contributed by atoms with Gasteiger partial charge >= 0.3 is 0 Å². The van der Waals surface area contributed by atoms with Crippen molar-refractivity contribution in [2.45, 2.75) is 32.4 Å². The molecule has 122 valence electrons. The maximum atomic E-state index is 11.9. The first-order valence-corrected chi connectivity index (χ1v) is 7.76. The van der Waals surface area contributed by atoms with Gasteiger partial charge < -0.3 is 15.1 Å². The van der Waals surface area contributed by atoms with Crippen molar-refractivity contribution < 1.29 is 14.0 Å². The van der Waals surface area contributed by atoms with Gasteiger partial charge in [0, 0.05) is 11.4 Å². The quantitative estimate of drug-likeness (QED) is 0.817. The predicted octanol–water partition coefficient (Wildman–Crippen LogP) is 2.69. The van der Waals surface area contributed by atoms with Gasteiger partial charge in [-0.05, 0) is 43.2 Å². The maximum Gasteiger partial charge on any atom is 0.242 e. The third kappa shape index (κ3) is 5.79. The fourth-order valence-corrected chi connectivity index (χ4v) is 2.28. The summed E-state index contributed by atoms with van der Waals surface area (Å²) in [5, 5.41) is 6.03. The number of nitrogens with one attached hydrogen (secondary N) is 2. The summed E-state index contributed by atoms with van der Waals surface area (Å²) in [5.41, 5.74) is 0.988. The lowest BCUT2D eigenvalue weighted by Crippen LogP contribution is -2.44. The van der Waals surface area contributed by atoms with Gasteiger partial charge in [-0.2, -0.15) is 0 Å². The Morgan fingerprint density at radius 2 is 2.09 bits per heavy atom. The summed E-state index contributed by atoms with van der Waals surface area (Å²) in [6, 6.07) is 10.3. The largest absolute Gasteiger partial charge is 0.467 e. The lowest BCUT2D eigenvalue weighted by molar-refractivity contribution is -0.128. The van der Waals surface area contributed by atoms with Crippen LogP contribution in [0.2, 0.25) is 5.02 Å². The second-order valence-electron chi connectivity index (χ2n) is 5.22. The molecule has 1 aromatic heterocycles. The van der Waals surface area contributed by atoms with Gasteiger partial charge in [0.05, 0.1) is 12.8 Å². The van der Waals surface area contributed by atoms with E-state index in [1.807, 2.05) is 18.2 Å². The third-order valence-corrected chi connectivity index (χ3v) is 3.55. The minimum Gasteiger partial charge on any atom is -0.467 e. The SMILES string of the molecule is C[C@@H](NC(=O)CCc1cccc(Cl)c1)C(=O)NCc1ccco1. The summed E-state index contributed by atoms with van der Waals surface area (Å²) in [6.07, 6.45) is 2.42. The number of hydrogen-bond donors (Lipinski definition) is 2. The highest BCUT2D eigenvalue weighted by atomic mass is 35.5. The topological polar surface area (TPSA) is 71.3 Å². The summed E-state index contributed by atoms with van der Waals surface area (Å²) in [4.78, 5) is 23.8. The molecule has 2 amide bonds. The van der Waals surface area contributed by atoms with E-state index >= 15 is 0 Å². The predicted molar refractivity (Wildman–Crippen MR) is 87.9 cm³/mol.